The highest BCUT2D eigenvalue weighted by Crippen LogP contribution is 2.10. The van der Waals surface area contributed by atoms with E-state index < -0.39 is 0 Å². The fraction of sp³-hybridized carbons (Fsp3) is 0.0556. The van der Waals surface area contributed by atoms with Crippen molar-refractivity contribution in [3.8, 4) is 17.6 Å². The van der Waals surface area contributed by atoms with E-state index in [4.69, 9.17) is 4.74 Å². The molecule has 0 aliphatic carbocycles. The Morgan fingerprint density at radius 2 is 1.60 bits per heavy atom. The van der Waals surface area contributed by atoms with Gasteiger partial charge in [0.05, 0.1) is 12.7 Å². The first-order valence-electron chi connectivity index (χ1n) is 6.41. The van der Waals surface area contributed by atoms with Gasteiger partial charge in [-0.15, -0.1) is 0 Å². The van der Waals surface area contributed by atoms with E-state index >= 15 is 0 Å². The van der Waals surface area contributed by atoms with Crippen LogP contribution in [0, 0.1) is 11.8 Å². The third kappa shape index (κ3) is 2.62. The minimum Gasteiger partial charge on any atom is -0.497 e. The van der Waals surface area contributed by atoms with Crippen molar-refractivity contribution in [1.82, 2.24) is 0 Å². The van der Waals surface area contributed by atoms with Gasteiger partial charge in [-0.1, -0.05) is 11.8 Å². The van der Waals surface area contributed by atoms with E-state index in [1.807, 2.05) is 54.9 Å². The van der Waals surface area contributed by atoms with Gasteiger partial charge in [-0.05, 0) is 36.4 Å². The quantitative estimate of drug-likeness (QED) is 0.484. The van der Waals surface area contributed by atoms with Crippen LogP contribution < -0.4 is 9.14 Å². The fourth-order valence-electron chi connectivity index (χ4n) is 1.99. The van der Waals surface area contributed by atoms with Crippen molar-refractivity contribution in [2.24, 2.45) is 0 Å². The van der Waals surface area contributed by atoms with Gasteiger partial charge in [0, 0.05) is 23.8 Å². The molecule has 0 bridgehead atoms. The fourth-order valence-corrected chi connectivity index (χ4v) is 1.99. The summed E-state index contributed by atoms with van der Waals surface area (Å²) >= 11 is 0. The molecule has 0 saturated heterocycles. The van der Waals surface area contributed by atoms with Crippen molar-refractivity contribution < 1.29 is 9.14 Å². The SMILES string of the molecule is COc1ccc(C#Cc2ccc3cccc[n+]3c2)cc1. The van der Waals surface area contributed by atoms with Crippen molar-refractivity contribution in [3.63, 3.8) is 0 Å². The Hall–Kier alpha value is -2.79. The average Bonchev–Trinajstić information content (AvgIpc) is 2.53. The van der Waals surface area contributed by atoms with E-state index in [9.17, 15) is 0 Å². The van der Waals surface area contributed by atoms with E-state index in [1.54, 1.807) is 7.11 Å². The number of pyridine rings is 2. The predicted molar refractivity (Wildman–Crippen MR) is 78.6 cm³/mol. The molecule has 1 aromatic carbocycles. The maximum Gasteiger partial charge on any atom is 0.210 e. The van der Waals surface area contributed by atoms with E-state index in [1.165, 1.54) is 0 Å². The Balaban J connectivity index is 1.90. The van der Waals surface area contributed by atoms with Crippen LogP contribution >= 0.6 is 0 Å². The van der Waals surface area contributed by atoms with Crippen molar-refractivity contribution in [2.75, 3.05) is 7.11 Å². The molecule has 0 amide bonds. The van der Waals surface area contributed by atoms with Gasteiger partial charge in [0.15, 0.2) is 12.4 Å². The maximum atomic E-state index is 5.13. The van der Waals surface area contributed by atoms with Crippen LogP contribution in [0.4, 0.5) is 0 Å². The van der Waals surface area contributed by atoms with Gasteiger partial charge in [-0.25, -0.2) is 0 Å². The summed E-state index contributed by atoms with van der Waals surface area (Å²) in [6.45, 7) is 0. The first kappa shape index (κ1) is 12.3. The lowest BCUT2D eigenvalue weighted by molar-refractivity contribution is -0.512. The van der Waals surface area contributed by atoms with Gasteiger partial charge in [0.1, 0.15) is 5.75 Å². The smallest absolute Gasteiger partial charge is 0.210 e. The lowest BCUT2D eigenvalue weighted by Crippen LogP contribution is -2.20. The summed E-state index contributed by atoms with van der Waals surface area (Å²) in [6, 6.07) is 18.0. The molecule has 0 unspecified atom stereocenters. The number of nitrogens with zero attached hydrogens (tertiary/aromatic N) is 1. The summed E-state index contributed by atoms with van der Waals surface area (Å²) in [6.07, 6.45) is 4.06. The second-order valence-electron chi connectivity index (χ2n) is 4.43. The summed E-state index contributed by atoms with van der Waals surface area (Å²) in [4.78, 5) is 0. The normalized spacial score (nSPS) is 9.85. The number of fused-ring (bicyclic) bond motifs is 1. The number of hydrogen-bond donors (Lipinski definition) is 0. The number of hydrogen-bond acceptors (Lipinski definition) is 1. The third-order valence-electron chi connectivity index (χ3n) is 3.08. The monoisotopic (exact) mass is 260 g/mol. The van der Waals surface area contributed by atoms with Gasteiger partial charge in [-0.2, -0.15) is 4.40 Å². The first-order chi connectivity index (χ1) is 9.85. The minimum absolute atomic E-state index is 0.844. The summed E-state index contributed by atoms with van der Waals surface area (Å²) < 4.78 is 7.20. The lowest BCUT2D eigenvalue weighted by Gasteiger charge is -1.97. The second kappa shape index (κ2) is 5.46. The Labute approximate surface area is 118 Å². The average molecular weight is 260 g/mol. The maximum absolute atomic E-state index is 5.13. The van der Waals surface area contributed by atoms with E-state index in [-0.39, 0.29) is 0 Å². The summed E-state index contributed by atoms with van der Waals surface area (Å²) in [5.41, 5.74) is 3.12. The zero-order valence-corrected chi connectivity index (χ0v) is 11.2. The standard InChI is InChI=1S/C18H14NO/c1-20-18-11-8-15(9-12-18)5-6-16-7-10-17-4-2-3-13-19(17)14-16/h2-4,7-14H,1H3/q+1. The van der Waals surface area contributed by atoms with Crippen LogP contribution in [0.3, 0.4) is 0 Å². The highest BCUT2D eigenvalue weighted by atomic mass is 16.5. The van der Waals surface area contributed by atoms with Crippen LogP contribution in [0.2, 0.25) is 0 Å². The van der Waals surface area contributed by atoms with Crippen LogP contribution in [0.5, 0.6) is 5.75 Å². The lowest BCUT2D eigenvalue weighted by atomic mass is 10.2. The summed E-state index contributed by atoms with van der Waals surface area (Å²) in [5.74, 6) is 7.18. The topological polar surface area (TPSA) is 13.3 Å². The Morgan fingerprint density at radius 1 is 0.850 bits per heavy atom. The summed E-state index contributed by atoms with van der Waals surface area (Å²) in [7, 11) is 1.66. The number of benzene rings is 1. The second-order valence-corrected chi connectivity index (χ2v) is 4.43. The molecule has 2 heteroatoms. The molecule has 0 aliphatic rings. The molecule has 0 radical (unpaired) electrons. The molecule has 0 fully saturated rings. The highest BCUT2D eigenvalue weighted by molar-refractivity contribution is 5.46. The van der Waals surface area contributed by atoms with Crippen LogP contribution in [0.15, 0.2) is 67.0 Å². The number of aromatic nitrogens is 1. The van der Waals surface area contributed by atoms with Crippen molar-refractivity contribution >= 4 is 5.52 Å². The van der Waals surface area contributed by atoms with E-state index in [0.717, 1.165) is 22.4 Å². The van der Waals surface area contributed by atoms with Crippen LogP contribution in [0.1, 0.15) is 11.1 Å². The zero-order chi connectivity index (χ0) is 13.8. The Kier molecular flexibility index (Phi) is 3.34. The Bertz CT molecular complexity index is 795. The molecule has 3 aromatic rings. The molecule has 2 nitrogen and oxygen atoms in total. The first-order valence-corrected chi connectivity index (χ1v) is 6.41. The molecule has 96 valence electrons. The van der Waals surface area contributed by atoms with Gasteiger partial charge in [0.25, 0.3) is 0 Å². The minimum atomic E-state index is 0.844. The van der Waals surface area contributed by atoms with E-state index in [0.29, 0.717) is 0 Å². The van der Waals surface area contributed by atoms with Gasteiger partial charge in [0.2, 0.25) is 5.52 Å². The molecule has 2 heterocycles. The molecule has 2 aromatic heterocycles. The van der Waals surface area contributed by atoms with Gasteiger partial charge in [-0.3, -0.25) is 0 Å². The summed E-state index contributed by atoms with van der Waals surface area (Å²) in [5, 5.41) is 0. The number of rotatable bonds is 1. The molecule has 0 spiro atoms. The Morgan fingerprint density at radius 3 is 2.40 bits per heavy atom. The largest absolute Gasteiger partial charge is 0.497 e. The predicted octanol–water partition coefficient (Wildman–Crippen LogP) is 2.83. The molecular formula is C18H14NO+. The number of ether oxygens (including phenoxy) is 1. The van der Waals surface area contributed by atoms with Gasteiger partial charge >= 0.3 is 0 Å². The molecule has 3 rings (SSSR count). The highest BCUT2D eigenvalue weighted by Gasteiger charge is 2.00. The van der Waals surface area contributed by atoms with E-state index in [2.05, 4.69) is 28.4 Å². The molecule has 0 saturated carbocycles. The molecule has 0 atom stereocenters. The van der Waals surface area contributed by atoms with Crippen LogP contribution in [-0.2, 0) is 0 Å². The zero-order valence-electron chi connectivity index (χ0n) is 11.2. The number of methoxy groups -OCH3 is 1. The molecular weight excluding hydrogens is 246 g/mol. The van der Waals surface area contributed by atoms with Crippen LogP contribution in [-0.4, -0.2) is 7.11 Å². The molecule has 0 aliphatic heterocycles. The van der Waals surface area contributed by atoms with Gasteiger partial charge < -0.3 is 4.74 Å². The third-order valence-corrected chi connectivity index (χ3v) is 3.08. The van der Waals surface area contributed by atoms with Crippen molar-refractivity contribution in [1.29, 1.82) is 0 Å². The van der Waals surface area contributed by atoms with Crippen molar-refractivity contribution in [3.05, 3.63) is 78.1 Å². The van der Waals surface area contributed by atoms with Crippen LogP contribution in [0.25, 0.3) is 5.52 Å². The molecule has 20 heavy (non-hydrogen) atoms. The molecule has 0 N–H and O–H groups in total. The van der Waals surface area contributed by atoms with Crippen molar-refractivity contribution in [2.45, 2.75) is 0 Å².